The smallest absolute Gasteiger partial charge is 0.240 e. The summed E-state index contributed by atoms with van der Waals surface area (Å²) in [6.07, 6.45) is 3.96. The van der Waals surface area contributed by atoms with Gasteiger partial charge in [-0.3, -0.25) is 4.98 Å². The summed E-state index contributed by atoms with van der Waals surface area (Å²) in [4.78, 5) is 4.07. The van der Waals surface area contributed by atoms with E-state index in [9.17, 15) is 8.42 Å². The lowest BCUT2D eigenvalue weighted by atomic mass is 10.2. The highest BCUT2D eigenvalue weighted by Crippen LogP contribution is 2.22. The van der Waals surface area contributed by atoms with Gasteiger partial charge in [0.25, 0.3) is 0 Å². The molecular formula is C13H14BrN3O2S. The van der Waals surface area contributed by atoms with Crippen molar-refractivity contribution in [2.75, 3.05) is 12.3 Å². The van der Waals surface area contributed by atoms with Crippen LogP contribution in [0.2, 0.25) is 0 Å². The highest BCUT2D eigenvalue weighted by Gasteiger charge is 2.14. The Morgan fingerprint density at radius 1 is 1.20 bits per heavy atom. The zero-order valence-corrected chi connectivity index (χ0v) is 13.0. The predicted molar refractivity (Wildman–Crippen MR) is 81.7 cm³/mol. The van der Waals surface area contributed by atoms with Crippen molar-refractivity contribution >= 4 is 31.6 Å². The van der Waals surface area contributed by atoms with Gasteiger partial charge in [0, 0.05) is 29.1 Å². The summed E-state index contributed by atoms with van der Waals surface area (Å²) in [5.74, 6) is 0. The van der Waals surface area contributed by atoms with Crippen LogP contribution in [0.4, 0.5) is 5.69 Å². The van der Waals surface area contributed by atoms with Crippen LogP contribution < -0.4 is 10.5 Å². The number of nitrogen functional groups attached to an aromatic ring is 1. The van der Waals surface area contributed by atoms with Crippen LogP contribution >= 0.6 is 15.9 Å². The fraction of sp³-hybridized carbons (Fsp3) is 0.154. The van der Waals surface area contributed by atoms with Crippen LogP contribution in [0.15, 0.2) is 52.1 Å². The van der Waals surface area contributed by atoms with Gasteiger partial charge in [-0.05, 0) is 58.2 Å². The maximum absolute atomic E-state index is 12.1. The molecule has 0 fully saturated rings. The molecule has 20 heavy (non-hydrogen) atoms. The van der Waals surface area contributed by atoms with Crippen molar-refractivity contribution in [3.8, 4) is 0 Å². The molecular weight excluding hydrogens is 342 g/mol. The Labute approximate surface area is 126 Å². The van der Waals surface area contributed by atoms with Crippen molar-refractivity contribution in [2.45, 2.75) is 11.3 Å². The second kappa shape index (κ2) is 6.34. The van der Waals surface area contributed by atoms with Crippen molar-refractivity contribution in [3.63, 3.8) is 0 Å². The lowest BCUT2D eigenvalue weighted by Crippen LogP contribution is -2.26. The number of pyridine rings is 1. The SMILES string of the molecule is Nc1cc(S(=O)(=O)NCCc2ccncc2)ccc1Br. The van der Waals surface area contributed by atoms with Gasteiger partial charge >= 0.3 is 0 Å². The van der Waals surface area contributed by atoms with E-state index in [2.05, 4.69) is 25.6 Å². The summed E-state index contributed by atoms with van der Waals surface area (Å²) in [5, 5.41) is 0. The lowest BCUT2D eigenvalue weighted by molar-refractivity contribution is 0.581. The number of anilines is 1. The molecule has 5 nitrogen and oxygen atoms in total. The molecule has 7 heteroatoms. The number of halogens is 1. The van der Waals surface area contributed by atoms with E-state index in [-0.39, 0.29) is 4.90 Å². The molecule has 0 unspecified atom stereocenters. The minimum Gasteiger partial charge on any atom is -0.398 e. The van der Waals surface area contributed by atoms with Gasteiger partial charge in [-0.2, -0.15) is 0 Å². The number of nitrogens with zero attached hydrogens (tertiary/aromatic N) is 1. The van der Waals surface area contributed by atoms with E-state index in [4.69, 9.17) is 5.73 Å². The lowest BCUT2D eigenvalue weighted by Gasteiger charge is -2.08. The summed E-state index contributed by atoms with van der Waals surface area (Å²) in [5.41, 5.74) is 7.11. The van der Waals surface area contributed by atoms with Gasteiger partial charge in [0.2, 0.25) is 10.0 Å². The predicted octanol–water partition coefficient (Wildman–Crippen LogP) is 1.95. The molecule has 1 aromatic carbocycles. The number of rotatable bonds is 5. The first kappa shape index (κ1) is 15.0. The minimum absolute atomic E-state index is 0.160. The number of nitrogens with two attached hydrogens (primary N) is 1. The first-order chi connectivity index (χ1) is 9.49. The molecule has 1 heterocycles. The summed E-state index contributed by atoms with van der Waals surface area (Å²) in [6.45, 7) is 0.322. The third-order valence-corrected chi connectivity index (χ3v) is 4.91. The molecule has 0 aliphatic rings. The molecule has 1 aromatic heterocycles. The van der Waals surface area contributed by atoms with Crippen molar-refractivity contribution in [2.24, 2.45) is 0 Å². The summed E-state index contributed by atoms with van der Waals surface area (Å²) < 4.78 is 27.4. The molecule has 0 saturated carbocycles. The molecule has 0 atom stereocenters. The third-order valence-electron chi connectivity index (χ3n) is 2.73. The third kappa shape index (κ3) is 3.78. The molecule has 0 spiro atoms. The largest absolute Gasteiger partial charge is 0.398 e. The molecule has 106 valence electrons. The maximum Gasteiger partial charge on any atom is 0.240 e. The molecule has 0 radical (unpaired) electrons. The maximum atomic E-state index is 12.1. The molecule has 0 aliphatic carbocycles. The highest BCUT2D eigenvalue weighted by atomic mass is 79.9. The normalized spacial score (nSPS) is 11.4. The minimum atomic E-state index is -3.54. The molecule has 3 N–H and O–H groups in total. The van der Waals surface area contributed by atoms with Gasteiger partial charge in [0.1, 0.15) is 0 Å². The van der Waals surface area contributed by atoms with E-state index in [0.29, 0.717) is 23.1 Å². The molecule has 0 aliphatic heterocycles. The van der Waals surface area contributed by atoms with Gasteiger partial charge in [-0.25, -0.2) is 13.1 Å². The van der Waals surface area contributed by atoms with Crippen molar-refractivity contribution in [1.82, 2.24) is 9.71 Å². The van der Waals surface area contributed by atoms with E-state index in [1.165, 1.54) is 12.1 Å². The molecule has 2 rings (SSSR count). The number of hydrogen-bond donors (Lipinski definition) is 2. The number of aromatic nitrogens is 1. The molecule has 0 saturated heterocycles. The Morgan fingerprint density at radius 2 is 1.90 bits per heavy atom. The van der Waals surface area contributed by atoms with Crippen molar-refractivity contribution in [1.29, 1.82) is 0 Å². The van der Waals surface area contributed by atoms with Crippen LogP contribution in [0.5, 0.6) is 0 Å². The monoisotopic (exact) mass is 355 g/mol. The van der Waals surface area contributed by atoms with Crippen LogP contribution in [0.3, 0.4) is 0 Å². The van der Waals surface area contributed by atoms with E-state index in [1.807, 2.05) is 12.1 Å². The van der Waals surface area contributed by atoms with Gasteiger partial charge in [-0.1, -0.05) is 0 Å². The highest BCUT2D eigenvalue weighted by molar-refractivity contribution is 9.10. The number of benzene rings is 1. The number of sulfonamides is 1. The summed E-state index contributed by atoms with van der Waals surface area (Å²) in [6, 6.07) is 8.26. The first-order valence-corrected chi connectivity index (χ1v) is 8.20. The standard InChI is InChI=1S/C13H14BrN3O2S/c14-12-2-1-11(9-13(12)15)20(18,19)17-8-5-10-3-6-16-7-4-10/h1-4,6-7,9,17H,5,8,15H2. The van der Waals surface area contributed by atoms with E-state index >= 15 is 0 Å². The van der Waals surface area contributed by atoms with E-state index < -0.39 is 10.0 Å². The van der Waals surface area contributed by atoms with Gasteiger partial charge in [0.15, 0.2) is 0 Å². The Bertz CT molecular complexity index is 690. The van der Waals surface area contributed by atoms with Crippen molar-refractivity contribution < 1.29 is 8.42 Å². The molecule has 2 aromatic rings. The Balaban J connectivity index is 2.02. The van der Waals surface area contributed by atoms with Crippen LogP contribution in [0.25, 0.3) is 0 Å². The van der Waals surface area contributed by atoms with Gasteiger partial charge in [-0.15, -0.1) is 0 Å². The average molecular weight is 356 g/mol. The van der Waals surface area contributed by atoms with Crippen molar-refractivity contribution in [3.05, 3.63) is 52.8 Å². The number of hydrogen-bond acceptors (Lipinski definition) is 4. The zero-order chi connectivity index (χ0) is 14.6. The Kier molecular flexibility index (Phi) is 4.74. The van der Waals surface area contributed by atoms with Crippen LogP contribution in [0, 0.1) is 0 Å². The fourth-order valence-corrected chi connectivity index (χ4v) is 2.96. The first-order valence-electron chi connectivity index (χ1n) is 5.92. The molecule has 0 amide bonds. The van der Waals surface area contributed by atoms with E-state index in [1.54, 1.807) is 18.5 Å². The number of nitrogens with one attached hydrogen (secondary N) is 1. The van der Waals surface area contributed by atoms with Gasteiger partial charge in [0.05, 0.1) is 4.90 Å². The second-order valence-corrected chi connectivity index (χ2v) is 6.81. The van der Waals surface area contributed by atoms with Crippen LogP contribution in [-0.4, -0.2) is 19.9 Å². The zero-order valence-electron chi connectivity index (χ0n) is 10.6. The topological polar surface area (TPSA) is 85.1 Å². The molecule has 0 bridgehead atoms. The summed E-state index contributed by atoms with van der Waals surface area (Å²) in [7, 11) is -3.54. The Morgan fingerprint density at radius 3 is 2.55 bits per heavy atom. The van der Waals surface area contributed by atoms with E-state index in [0.717, 1.165) is 5.56 Å². The second-order valence-electron chi connectivity index (χ2n) is 4.19. The fourth-order valence-electron chi connectivity index (χ4n) is 1.65. The van der Waals surface area contributed by atoms with Gasteiger partial charge < -0.3 is 5.73 Å². The Hall–Kier alpha value is -1.44. The van der Waals surface area contributed by atoms with Crippen LogP contribution in [-0.2, 0) is 16.4 Å². The van der Waals surface area contributed by atoms with Crippen LogP contribution in [0.1, 0.15) is 5.56 Å². The average Bonchev–Trinajstić information content (AvgIpc) is 2.43. The summed E-state index contributed by atoms with van der Waals surface area (Å²) >= 11 is 3.23. The quantitative estimate of drug-likeness (QED) is 0.802.